The summed E-state index contributed by atoms with van der Waals surface area (Å²) in [6, 6.07) is 8.41. The van der Waals surface area contributed by atoms with Crippen molar-refractivity contribution < 1.29 is 27.8 Å². The van der Waals surface area contributed by atoms with E-state index in [0.29, 0.717) is 34.2 Å². The van der Waals surface area contributed by atoms with Gasteiger partial charge in [-0.3, -0.25) is 9.48 Å². The van der Waals surface area contributed by atoms with Crippen molar-refractivity contribution >= 4 is 23.2 Å². The first kappa shape index (κ1) is 27.2. The van der Waals surface area contributed by atoms with Crippen LogP contribution < -0.4 is 24.8 Å². The normalized spacial score (nSPS) is 10.8. The van der Waals surface area contributed by atoms with Gasteiger partial charge in [0.25, 0.3) is 6.43 Å². The van der Waals surface area contributed by atoms with Crippen LogP contribution in [0.3, 0.4) is 0 Å². The highest BCUT2D eigenvalue weighted by atomic mass is 19.3. The Hall–Kier alpha value is -4.81. The van der Waals surface area contributed by atoms with Crippen LogP contribution in [0.1, 0.15) is 24.7 Å². The van der Waals surface area contributed by atoms with E-state index < -0.39 is 12.2 Å². The average Bonchev–Trinajstić information content (AvgIpc) is 3.38. The van der Waals surface area contributed by atoms with E-state index in [0.717, 1.165) is 5.56 Å². The van der Waals surface area contributed by atoms with Gasteiger partial charge < -0.3 is 24.8 Å². The van der Waals surface area contributed by atoms with Gasteiger partial charge in [0.2, 0.25) is 0 Å². The molecule has 4 rings (SSSR count). The van der Waals surface area contributed by atoms with Gasteiger partial charge in [0.1, 0.15) is 34.7 Å². The minimum absolute atomic E-state index is 0.0284. The largest absolute Gasteiger partial charge is 0.497 e. The van der Waals surface area contributed by atoms with Gasteiger partial charge in [-0.15, -0.1) is 0 Å². The second-order valence-electron chi connectivity index (χ2n) is 8.35. The van der Waals surface area contributed by atoms with Crippen LogP contribution in [0.5, 0.6) is 17.2 Å². The Kier molecular flexibility index (Phi) is 8.49. The second kappa shape index (κ2) is 12.2. The maximum atomic E-state index is 13.6. The number of carbonyl (C=O) groups is 1. The molecule has 0 amide bonds. The molecule has 0 aliphatic heterocycles. The second-order valence-corrected chi connectivity index (χ2v) is 8.35. The lowest BCUT2D eigenvalue weighted by Gasteiger charge is -2.14. The molecule has 3 aromatic heterocycles. The Bertz CT molecular complexity index is 1460. The highest BCUT2D eigenvalue weighted by Gasteiger charge is 2.16. The average molecular weight is 540 g/mol. The molecule has 13 heteroatoms. The van der Waals surface area contributed by atoms with Gasteiger partial charge in [-0.25, -0.2) is 23.7 Å². The predicted molar refractivity (Wildman–Crippen MR) is 140 cm³/mol. The molecule has 0 spiro atoms. The van der Waals surface area contributed by atoms with Gasteiger partial charge in [-0.05, 0) is 19.1 Å². The van der Waals surface area contributed by atoms with Crippen molar-refractivity contribution in [1.82, 2.24) is 24.7 Å². The van der Waals surface area contributed by atoms with E-state index in [1.807, 2.05) is 0 Å². The molecule has 0 aliphatic carbocycles. The molecular weight excluding hydrogens is 512 g/mol. The highest BCUT2D eigenvalue weighted by molar-refractivity contribution is 5.76. The summed E-state index contributed by atoms with van der Waals surface area (Å²) in [7, 11) is 4.58. The molecule has 0 saturated heterocycles. The van der Waals surface area contributed by atoms with Crippen molar-refractivity contribution in [3.63, 3.8) is 0 Å². The molecule has 204 valence electrons. The quantitative estimate of drug-likeness (QED) is 0.263. The zero-order valence-corrected chi connectivity index (χ0v) is 21.7. The van der Waals surface area contributed by atoms with Crippen LogP contribution in [0.25, 0.3) is 11.1 Å². The van der Waals surface area contributed by atoms with E-state index in [4.69, 9.17) is 14.2 Å². The van der Waals surface area contributed by atoms with Crippen LogP contribution in [0.2, 0.25) is 0 Å². The molecule has 39 heavy (non-hydrogen) atoms. The standard InChI is InChI=1S/C26H27F2N7O4/c1-15(36)13-35-14-17(11-31-35)19-12-30-22(8-21(19)39-4)32-24-9-23(33-26(34-24)25(27)28)29-10-16-5-6-18(37-2)7-20(16)38-3/h5-9,11-12,14,25H,10,13H2,1-4H3,(H2,29,30,32,33,34). The molecule has 0 fully saturated rings. The fourth-order valence-corrected chi connectivity index (χ4v) is 3.74. The number of hydrogen-bond donors (Lipinski definition) is 2. The molecule has 4 aromatic rings. The van der Waals surface area contributed by atoms with Crippen LogP contribution in [0, 0.1) is 0 Å². The monoisotopic (exact) mass is 539 g/mol. The van der Waals surface area contributed by atoms with Gasteiger partial charge in [-0.1, -0.05) is 0 Å². The SMILES string of the molecule is COc1ccc(CNc2cc(Nc3cc(OC)c(-c4cnn(CC(C)=O)c4)cn3)nc(C(F)F)n2)c(OC)c1. The third-order valence-corrected chi connectivity index (χ3v) is 5.56. The van der Waals surface area contributed by atoms with E-state index in [2.05, 4.69) is 30.7 Å². The Morgan fingerprint density at radius 2 is 1.74 bits per heavy atom. The molecule has 11 nitrogen and oxygen atoms in total. The van der Waals surface area contributed by atoms with Crippen molar-refractivity contribution in [2.24, 2.45) is 0 Å². The first-order valence-electron chi connectivity index (χ1n) is 11.7. The molecule has 0 bridgehead atoms. The molecular formula is C26H27F2N7O4. The minimum Gasteiger partial charge on any atom is -0.497 e. The molecule has 0 radical (unpaired) electrons. The lowest BCUT2D eigenvalue weighted by molar-refractivity contribution is -0.117. The van der Waals surface area contributed by atoms with Crippen LogP contribution in [-0.4, -0.2) is 51.8 Å². The maximum Gasteiger partial charge on any atom is 0.297 e. The number of ether oxygens (including phenoxy) is 3. The van der Waals surface area contributed by atoms with Crippen molar-refractivity contribution in [3.8, 4) is 28.4 Å². The third-order valence-electron chi connectivity index (χ3n) is 5.56. The fourth-order valence-electron chi connectivity index (χ4n) is 3.74. The van der Waals surface area contributed by atoms with Gasteiger partial charge in [0.15, 0.2) is 11.6 Å². The summed E-state index contributed by atoms with van der Waals surface area (Å²) in [6.07, 6.45) is 1.98. The number of nitrogens with zero attached hydrogens (tertiary/aromatic N) is 5. The number of hydrogen-bond acceptors (Lipinski definition) is 10. The van der Waals surface area contributed by atoms with Crippen LogP contribution >= 0.6 is 0 Å². The molecule has 0 unspecified atom stereocenters. The topological polar surface area (TPSA) is 125 Å². The Balaban J connectivity index is 1.56. The zero-order valence-electron chi connectivity index (χ0n) is 21.7. The molecule has 1 aromatic carbocycles. The van der Waals surface area contributed by atoms with Crippen molar-refractivity contribution in [3.05, 3.63) is 60.3 Å². The third kappa shape index (κ3) is 6.74. The summed E-state index contributed by atoms with van der Waals surface area (Å²) in [5.74, 6) is 1.60. The summed E-state index contributed by atoms with van der Waals surface area (Å²) in [5.41, 5.74) is 2.12. The van der Waals surface area contributed by atoms with Crippen molar-refractivity contribution in [1.29, 1.82) is 0 Å². The van der Waals surface area contributed by atoms with Gasteiger partial charge in [0.05, 0.1) is 34.1 Å². The Morgan fingerprint density at radius 1 is 0.974 bits per heavy atom. The number of Topliss-reactive ketones (excluding diaryl/α,β-unsaturated/α-hetero) is 1. The number of halogens is 2. The minimum atomic E-state index is -2.89. The number of methoxy groups -OCH3 is 3. The van der Waals surface area contributed by atoms with Gasteiger partial charge in [-0.2, -0.15) is 5.10 Å². The van der Waals surface area contributed by atoms with E-state index in [9.17, 15) is 13.6 Å². The summed E-state index contributed by atoms with van der Waals surface area (Å²) in [6.45, 7) is 1.88. The molecule has 3 heterocycles. The number of carbonyl (C=O) groups excluding carboxylic acids is 1. The molecule has 2 N–H and O–H groups in total. The lowest BCUT2D eigenvalue weighted by atomic mass is 10.1. The number of ketones is 1. The number of anilines is 3. The summed E-state index contributed by atoms with van der Waals surface area (Å²) in [5, 5.41) is 10.2. The summed E-state index contributed by atoms with van der Waals surface area (Å²) >= 11 is 0. The highest BCUT2D eigenvalue weighted by Crippen LogP contribution is 2.32. The van der Waals surface area contributed by atoms with E-state index in [1.54, 1.807) is 50.0 Å². The number of nitrogens with one attached hydrogen (secondary N) is 2. The number of aromatic nitrogens is 5. The van der Waals surface area contributed by atoms with E-state index in [1.165, 1.54) is 31.9 Å². The van der Waals surface area contributed by atoms with Crippen LogP contribution in [0.4, 0.5) is 26.2 Å². The van der Waals surface area contributed by atoms with E-state index >= 15 is 0 Å². The first-order valence-corrected chi connectivity index (χ1v) is 11.7. The number of benzene rings is 1. The Labute approximate surface area is 223 Å². The maximum absolute atomic E-state index is 13.6. The number of rotatable bonds is 12. The Morgan fingerprint density at radius 3 is 2.44 bits per heavy atom. The fraction of sp³-hybridized carbons (Fsp3) is 0.269. The number of pyridine rings is 1. The van der Waals surface area contributed by atoms with Crippen LogP contribution in [-0.2, 0) is 17.9 Å². The first-order chi connectivity index (χ1) is 18.8. The van der Waals surface area contributed by atoms with Crippen LogP contribution in [0.15, 0.2) is 48.9 Å². The number of alkyl halides is 2. The smallest absolute Gasteiger partial charge is 0.297 e. The van der Waals surface area contributed by atoms with Gasteiger partial charge >= 0.3 is 0 Å². The molecule has 0 aliphatic rings. The van der Waals surface area contributed by atoms with E-state index in [-0.39, 0.29) is 30.5 Å². The lowest BCUT2D eigenvalue weighted by Crippen LogP contribution is -2.08. The summed E-state index contributed by atoms with van der Waals surface area (Å²) < 4.78 is 44.8. The molecule has 0 saturated carbocycles. The zero-order chi connectivity index (χ0) is 27.9. The summed E-state index contributed by atoms with van der Waals surface area (Å²) in [4.78, 5) is 23.6. The predicted octanol–water partition coefficient (Wildman–Crippen LogP) is 4.64. The van der Waals surface area contributed by atoms with Crippen molar-refractivity contribution in [2.75, 3.05) is 32.0 Å². The van der Waals surface area contributed by atoms with Gasteiger partial charge in [0, 0.05) is 53.8 Å². The van der Waals surface area contributed by atoms with Crippen molar-refractivity contribution in [2.45, 2.75) is 26.4 Å². The molecule has 0 atom stereocenters.